The fourth-order valence-electron chi connectivity index (χ4n) is 0. The van der Waals surface area contributed by atoms with Gasteiger partial charge in [-0.3, -0.25) is 0 Å². The molecule has 0 aromatic heterocycles. The Labute approximate surface area is 179 Å². The summed E-state index contributed by atoms with van der Waals surface area (Å²) in [6, 6.07) is 0. The molecule has 0 fully saturated rings. The van der Waals surface area contributed by atoms with Gasteiger partial charge < -0.3 is 0 Å². The van der Waals surface area contributed by atoms with Crippen LogP contribution in [0.4, 0.5) is 0 Å². The summed E-state index contributed by atoms with van der Waals surface area (Å²) in [6.07, 6.45) is 0. The van der Waals surface area contributed by atoms with E-state index in [-0.39, 0.29) is 68.4 Å². The third kappa shape index (κ3) is 569. The summed E-state index contributed by atoms with van der Waals surface area (Å²) >= 11 is -17.4. The quantitative estimate of drug-likeness (QED) is 0.207. The molecular formula is BaO12Ta4Zn. The van der Waals surface area contributed by atoms with Gasteiger partial charge in [-0.1, -0.05) is 0 Å². The van der Waals surface area contributed by atoms with Crippen molar-refractivity contribution in [1.82, 2.24) is 0 Å². The second kappa shape index (κ2) is 32.4. The van der Waals surface area contributed by atoms with Gasteiger partial charge in [0, 0.05) is 0 Å². The van der Waals surface area contributed by atoms with Crippen molar-refractivity contribution in [3.05, 3.63) is 0 Å². The smallest absolute Gasteiger partial charge is 2.00 e. The molecule has 0 aromatic carbocycles. The van der Waals surface area contributed by atoms with Crippen LogP contribution in [0, 0.1) is 0 Å². The molecule has 0 saturated heterocycles. The van der Waals surface area contributed by atoms with Crippen molar-refractivity contribution in [2.45, 2.75) is 0 Å². The van der Waals surface area contributed by atoms with Gasteiger partial charge in [-0.25, -0.2) is 0 Å². The first-order valence-corrected chi connectivity index (χ1v) is 17.9. The Morgan fingerprint density at radius 3 is 0.444 bits per heavy atom. The monoisotopic (exact) mass is 1120 g/mol. The summed E-state index contributed by atoms with van der Waals surface area (Å²) in [7, 11) is 0. The molecule has 0 aliphatic heterocycles. The Bertz CT molecular complexity index is 298. The van der Waals surface area contributed by atoms with Crippen molar-refractivity contribution in [2.24, 2.45) is 0 Å². The van der Waals surface area contributed by atoms with Crippen LogP contribution in [0.15, 0.2) is 0 Å². The molecule has 18 heteroatoms. The molecule has 0 saturated carbocycles. The zero-order valence-corrected chi connectivity index (χ0v) is 28.4. The number of rotatable bonds is 0. The van der Waals surface area contributed by atoms with Gasteiger partial charge in [-0.2, -0.15) is 0 Å². The molecule has 0 aromatic rings. The van der Waals surface area contributed by atoms with Gasteiger partial charge in [-0.15, -0.1) is 0 Å². The minimum atomic E-state index is -4.34. The van der Waals surface area contributed by atoms with Crippen molar-refractivity contribution < 1.29 is 135 Å². The van der Waals surface area contributed by atoms with E-state index in [4.69, 9.17) is 40.5 Å². The van der Waals surface area contributed by atoms with Crippen LogP contribution in [-0.4, -0.2) is 48.9 Å². The maximum Gasteiger partial charge on any atom is 2.00 e. The molecular weight excluding hydrogens is 1120 g/mol. The van der Waals surface area contributed by atoms with Crippen LogP contribution >= 0.6 is 0 Å². The van der Waals surface area contributed by atoms with Gasteiger partial charge in [0.15, 0.2) is 0 Å². The third-order valence-electron chi connectivity index (χ3n) is 0. The molecule has 0 rings (SSSR count). The van der Waals surface area contributed by atoms with E-state index in [0.717, 1.165) is 0 Å². The van der Waals surface area contributed by atoms with Crippen LogP contribution in [0.5, 0.6) is 0 Å². The normalized spacial score (nSPS) is 5.56. The van der Waals surface area contributed by atoms with Gasteiger partial charge >= 0.3 is 184 Å². The molecule has 0 atom stereocenters. The van der Waals surface area contributed by atoms with Crippen LogP contribution in [0.3, 0.4) is 0 Å². The Balaban J connectivity index is -0.0000000257. The van der Waals surface area contributed by atoms with Crippen molar-refractivity contribution >= 4 is 48.9 Å². The van der Waals surface area contributed by atoms with E-state index in [1.54, 1.807) is 0 Å². The van der Waals surface area contributed by atoms with Gasteiger partial charge in [0.05, 0.1) is 0 Å². The predicted octanol–water partition coefficient (Wildman–Crippen LogP) is -6.10. The molecule has 0 bridgehead atoms. The van der Waals surface area contributed by atoms with Crippen LogP contribution in [-0.2, 0) is 121 Å². The standard InChI is InChI=1S/Ba.12O.4Ta.Zn/q+2;;;;;;;;;4*-1;;;;;+2. The molecule has 12 nitrogen and oxygen atoms in total. The molecule has 0 amide bonds. The zero-order valence-electron chi connectivity index (χ0n) is 8.10. The molecule has 0 heterocycles. The number of hydrogen-bond acceptors (Lipinski definition) is 12. The van der Waals surface area contributed by atoms with Crippen LogP contribution < -0.4 is 14.5 Å². The first-order chi connectivity index (χ1) is 6.93. The summed E-state index contributed by atoms with van der Waals surface area (Å²) < 4.78 is 103. The molecule has 96 valence electrons. The summed E-state index contributed by atoms with van der Waals surface area (Å²) in [4.78, 5) is 0. The van der Waals surface area contributed by atoms with Crippen LogP contribution in [0.25, 0.3) is 0 Å². The average molecular weight is 1120 g/mol. The van der Waals surface area contributed by atoms with Gasteiger partial charge in [0.25, 0.3) is 0 Å². The van der Waals surface area contributed by atoms with Crippen molar-refractivity contribution in [1.29, 1.82) is 0 Å². The van der Waals surface area contributed by atoms with E-state index >= 15 is 0 Å². The molecule has 18 heavy (non-hydrogen) atoms. The first kappa shape index (κ1) is 37.5. The summed E-state index contributed by atoms with van der Waals surface area (Å²) in [6.45, 7) is 0. The zero-order chi connectivity index (χ0) is 14.3. The molecule has 0 radical (unpaired) electrons. The predicted molar refractivity (Wildman–Crippen MR) is 11.2 cm³/mol. The van der Waals surface area contributed by atoms with E-state index in [1.165, 1.54) is 0 Å². The fraction of sp³-hybridized carbons (Fsp3) is 0. The Morgan fingerprint density at radius 2 is 0.444 bits per heavy atom. The minimum Gasteiger partial charge on any atom is 2.00 e. The third-order valence-corrected chi connectivity index (χ3v) is 0. The number of hydrogen-bond donors (Lipinski definition) is 0. The van der Waals surface area contributed by atoms with E-state index in [0.29, 0.717) is 0 Å². The second-order valence-corrected chi connectivity index (χ2v) is 7.32. The molecule has 0 aliphatic rings. The van der Waals surface area contributed by atoms with E-state index in [1.807, 2.05) is 0 Å². The second-order valence-electron chi connectivity index (χ2n) is 0.894. The molecule has 0 spiro atoms. The van der Waals surface area contributed by atoms with Crippen molar-refractivity contribution in [3.63, 3.8) is 0 Å². The van der Waals surface area contributed by atoms with Crippen molar-refractivity contribution in [3.8, 4) is 0 Å². The van der Waals surface area contributed by atoms with Gasteiger partial charge in [-0.05, 0) is 0 Å². The molecule has 0 unspecified atom stereocenters. The average Bonchev–Trinajstić information content (AvgIpc) is 1.76. The summed E-state index contributed by atoms with van der Waals surface area (Å²) in [5.41, 5.74) is 0. The van der Waals surface area contributed by atoms with Crippen LogP contribution in [0.2, 0.25) is 0 Å². The molecule has 0 N–H and O–H groups in total. The van der Waals surface area contributed by atoms with Crippen molar-refractivity contribution in [2.75, 3.05) is 0 Å². The Morgan fingerprint density at radius 1 is 0.444 bits per heavy atom. The largest absolute Gasteiger partial charge is 2.00 e. The maximum absolute atomic E-state index is 8.62. The topological polar surface area (TPSA) is 229 Å². The van der Waals surface area contributed by atoms with Gasteiger partial charge in [0.2, 0.25) is 0 Å². The first-order valence-electron chi connectivity index (χ1n) is 2.19. The maximum atomic E-state index is 8.62. The Kier molecular flexibility index (Phi) is 67.5. The fourth-order valence-corrected chi connectivity index (χ4v) is 0. The SMILES string of the molecule is [Ba+2].[O]=[Ta](=[O])[O-].[O]=[Ta](=[O])[O-].[O]=[Ta](=[O])[O-].[O]=[Ta](=[O])[O-].[Zn+2]. The summed E-state index contributed by atoms with van der Waals surface area (Å²) in [5.74, 6) is 0. The Hall–Kier alpha value is 3.40. The van der Waals surface area contributed by atoms with Gasteiger partial charge in [0.1, 0.15) is 0 Å². The van der Waals surface area contributed by atoms with Crippen LogP contribution in [0.1, 0.15) is 0 Å². The van der Waals surface area contributed by atoms with E-state index in [2.05, 4.69) is 0 Å². The van der Waals surface area contributed by atoms with E-state index < -0.39 is 75.1 Å². The molecule has 0 aliphatic carbocycles. The van der Waals surface area contributed by atoms with E-state index in [9.17, 15) is 0 Å². The minimum absolute atomic E-state index is 0. The summed E-state index contributed by atoms with van der Waals surface area (Å²) in [5, 5.41) is 0.